The summed E-state index contributed by atoms with van der Waals surface area (Å²) in [7, 11) is 0. The van der Waals surface area contributed by atoms with Crippen molar-refractivity contribution in [3.63, 3.8) is 0 Å². The standard InChI is InChI=1S/C34H34ClF3N4O3/c1-22(43)41-14-11-25(12-15-41)33(44)42-16-13-31(29(21-42)24-5-3-2-4-6-24)40-20-27-18-26(8-10-32(27)45-34(36,37)38)28-9-7-23(19-39)17-30(28)35/h2-10,17-18,25,29,31,40H,11-16,20-21H2,1H3/t29-,31-/m0/s1. The van der Waals surface area contributed by atoms with Gasteiger partial charge < -0.3 is 19.9 Å². The van der Waals surface area contributed by atoms with E-state index in [1.54, 1.807) is 30.0 Å². The van der Waals surface area contributed by atoms with Crippen LogP contribution >= 0.6 is 11.6 Å². The van der Waals surface area contributed by atoms with E-state index in [9.17, 15) is 28.0 Å². The first kappa shape index (κ1) is 32.3. The topological polar surface area (TPSA) is 85.7 Å². The minimum Gasteiger partial charge on any atom is -0.405 e. The highest BCUT2D eigenvalue weighted by Gasteiger charge is 2.37. The van der Waals surface area contributed by atoms with Gasteiger partial charge in [0.25, 0.3) is 0 Å². The zero-order valence-electron chi connectivity index (χ0n) is 24.8. The molecule has 11 heteroatoms. The number of nitriles is 1. The van der Waals surface area contributed by atoms with Crippen molar-refractivity contribution in [1.29, 1.82) is 5.26 Å². The number of nitrogens with zero attached hydrogens (tertiary/aromatic N) is 3. The third-order valence-corrected chi connectivity index (χ3v) is 9.00. The van der Waals surface area contributed by atoms with E-state index in [0.717, 1.165) is 5.56 Å². The van der Waals surface area contributed by atoms with Gasteiger partial charge in [0.15, 0.2) is 0 Å². The van der Waals surface area contributed by atoms with Crippen molar-refractivity contribution in [2.24, 2.45) is 5.92 Å². The molecule has 7 nitrogen and oxygen atoms in total. The van der Waals surface area contributed by atoms with Gasteiger partial charge in [-0.1, -0.05) is 54.1 Å². The van der Waals surface area contributed by atoms with Crippen LogP contribution in [0.3, 0.4) is 0 Å². The average Bonchev–Trinajstić information content (AvgIpc) is 3.03. The fourth-order valence-electron chi connectivity index (χ4n) is 6.30. The van der Waals surface area contributed by atoms with Gasteiger partial charge in [-0.3, -0.25) is 9.59 Å². The van der Waals surface area contributed by atoms with E-state index < -0.39 is 6.36 Å². The van der Waals surface area contributed by atoms with E-state index >= 15 is 0 Å². The predicted octanol–water partition coefficient (Wildman–Crippen LogP) is 6.51. The molecule has 45 heavy (non-hydrogen) atoms. The van der Waals surface area contributed by atoms with Crippen LogP contribution in [0.15, 0.2) is 66.7 Å². The first-order chi connectivity index (χ1) is 21.5. The Morgan fingerprint density at radius 1 is 1.00 bits per heavy atom. The number of benzene rings is 3. The van der Waals surface area contributed by atoms with Crippen molar-refractivity contribution < 1.29 is 27.5 Å². The molecule has 0 bridgehead atoms. The van der Waals surface area contributed by atoms with E-state index in [1.165, 1.54) is 18.2 Å². The van der Waals surface area contributed by atoms with Gasteiger partial charge in [0.2, 0.25) is 11.8 Å². The van der Waals surface area contributed by atoms with Gasteiger partial charge in [-0.2, -0.15) is 5.26 Å². The van der Waals surface area contributed by atoms with Crippen molar-refractivity contribution in [2.75, 3.05) is 26.2 Å². The summed E-state index contributed by atoms with van der Waals surface area (Å²) < 4.78 is 44.4. The first-order valence-corrected chi connectivity index (χ1v) is 15.3. The fraction of sp³-hybridized carbons (Fsp3) is 0.382. The smallest absolute Gasteiger partial charge is 0.405 e. The Bertz CT molecular complexity index is 1570. The van der Waals surface area contributed by atoms with Crippen molar-refractivity contribution in [2.45, 2.75) is 51.1 Å². The van der Waals surface area contributed by atoms with Gasteiger partial charge in [-0.05, 0) is 54.7 Å². The maximum Gasteiger partial charge on any atom is 0.573 e. The van der Waals surface area contributed by atoms with Crippen LogP contribution < -0.4 is 10.1 Å². The number of ether oxygens (including phenoxy) is 1. The Morgan fingerprint density at radius 3 is 2.36 bits per heavy atom. The van der Waals surface area contributed by atoms with Crippen LogP contribution in [0.4, 0.5) is 13.2 Å². The molecule has 0 aromatic heterocycles. The van der Waals surface area contributed by atoms with Gasteiger partial charge in [-0.15, -0.1) is 13.2 Å². The molecule has 2 aliphatic heterocycles. The molecule has 5 rings (SSSR count). The second-order valence-electron chi connectivity index (χ2n) is 11.5. The molecule has 3 aromatic rings. The molecule has 0 saturated carbocycles. The number of carbonyl (C=O) groups excluding carboxylic acids is 2. The number of halogens is 4. The highest BCUT2D eigenvalue weighted by atomic mass is 35.5. The normalized spacial score (nSPS) is 19.2. The summed E-state index contributed by atoms with van der Waals surface area (Å²) in [6.45, 7) is 3.75. The molecule has 2 fully saturated rings. The minimum absolute atomic E-state index is 0.0197. The Morgan fingerprint density at radius 2 is 1.71 bits per heavy atom. The molecule has 0 radical (unpaired) electrons. The average molecular weight is 639 g/mol. The predicted molar refractivity (Wildman–Crippen MR) is 164 cm³/mol. The number of likely N-dealkylation sites (tertiary alicyclic amines) is 2. The number of carbonyl (C=O) groups is 2. The van der Waals surface area contributed by atoms with Crippen LogP contribution in [0.2, 0.25) is 5.02 Å². The third kappa shape index (κ3) is 7.96. The Labute approximate surface area is 265 Å². The highest BCUT2D eigenvalue weighted by molar-refractivity contribution is 6.33. The lowest BCUT2D eigenvalue weighted by molar-refractivity contribution is -0.274. The molecular formula is C34H34ClF3N4O3. The van der Waals surface area contributed by atoms with Crippen LogP contribution in [0.25, 0.3) is 11.1 Å². The molecule has 2 aliphatic rings. The lowest BCUT2D eigenvalue weighted by atomic mass is 9.84. The van der Waals surface area contributed by atoms with Gasteiger partial charge in [-0.25, -0.2) is 0 Å². The molecule has 0 aliphatic carbocycles. The molecule has 3 aromatic carbocycles. The number of hydrogen-bond donors (Lipinski definition) is 1. The summed E-state index contributed by atoms with van der Waals surface area (Å²) in [5, 5.41) is 13.0. The minimum atomic E-state index is -4.87. The van der Waals surface area contributed by atoms with E-state index in [1.807, 2.05) is 41.3 Å². The first-order valence-electron chi connectivity index (χ1n) is 14.9. The molecule has 0 unspecified atom stereocenters. The van der Waals surface area contributed by atoms with Gasteiger partial charge in [0, 0.05) is 73.7 Å². The highest BCUT2D eigenvalue weighted by Crippen LogP contribution is 2.35. The lowest BCUT2D eigenvalue weighted by Gasteiger charge is -2.42. The van der Waals surface area contributed by atoms with Crippen LogP contribution in [0.5, 0.6) is 5.75 Å². The van der Waals surface area contributed by atoms with Crippen LogP contribution in [0.1, 0.15) is 48.8 Å². The summed E-state index contributed by atoms with van der Waals surface area (Å²) >= 11 is 6.42. The molecule has 0 spiro atoms. The van der Waals surface area contributed by atoms with Crippen LogP contribution in [0, 0.1) is 17.2 Å². The second-order valence-corrected chi connectivity index (χ2v) is 11.9. The largest absolute Gasteiger partial charge is 0.573 e. The summed E-state index contributed by atoms with van der Waals surface area (Å²) in [5.41, 5.74) is 2.88. The summed E-state index contributed by atoms with van der Waals surface area (Å²) in [4.78, 5) is 29.0. The molecule has 2 amide bonds. The lowest BCUT2D eigenvalue weighted by Crippen LogP contribution is -2.52. The molecule has 2 saturated heterocycles. The summed E-state index contributed by atoms with van der Waals surface area (Å²) in [6.07, 6.45) is -3.00. The van der Waals surface area contributed by atoms with E-state index in [4.69, 9.17) is 11.6 Å². The Kier molecular flexibility index (Phi) is 10.0. The number of nitrogens with one attached hydrogen (secondary N) is 1. The van der Waals surface area contributed by atoms with Gasteiger partial charge >= 0.3 is 6.36 Å². The van der Waals surface area contributed by atoms with Crippen molar-refractivity contribution in [3.05, 3.63) is 88.4 Å². The maximum absolute atomic E-state index is 13.6. The SMILES string of the molecule is CC(=O)N1CCC(C(=O)N2CC[C@H](NCc3cc(-c4ccc(C#N)cc4Cl)ccc3OC(F)(F)F)[C@H](c3ccccc3)C2)CC1. The summed E-state index contributed by atoms with van der Waals surface area (Å²) in [5.74, 6) is -0.439. The zero-order valence-corrected chi connectivity index (χ0v) is 25.6. The fourth-order valence-corrected chi connectivity index (χ4v) is 6.59. The van der Waals surface area contributed by atoms with E-state index in [-0.39, 0.29) is 42.0 Å². The number of piperidine rings is 2. The quantitative estimate of drug-likeness (QED) is 0.319. The molecule has 2 heterocycles. The van der Waals surface area contributed by atoms with E-state index in [2.05, 4.69) is 10.1 Å². The van der Waals surface area contributed by atoms with E-state index in [0.29, 0.717) is 72.7 Å². The molecule has 2 atom stereocenters. The summed E-state index contributed by atoms with van der Waals surface area (Å²) in [6, 6.07) is 20.9. The maximum atomic E-state index is 13.6. The van der Waals surface area contributed by atoms with Crippen molar-refractivity contribution >= 4 is 23.4 Å². The Hall–Kier alpha value is -4.07. The van der Waals surface area contributed by atoms with Crippen LogP contribution in [-0.4, -0.2) is 60.2 Å². The number of hydrogen-bond acceptors (Lipinski definition) is 5. The van der Waals surface area contributed by atoms with Crippen molar-refractivity contribution in [1.82, 2.24) is 15.1 Å². The second kappa shape index (κ2) is 13.9. The molecule has 236 valence electrons. The monoisotopic (exact) mass is 638 g/mol. The number of amides is 2. The molecule has 1 N–H and O–H groups in total. The number of alkyl halides is 3. The third-order valence-electron chi connectivity index (χ3n) is 8.69. The van der Waals surface area contributed by atoms with Crippen LogP contribution in [-0.2, 0) is 16.1 Å². The molecular weight excluding hydrogens is 605 g/mol. The van der Waals surface area contributed by atoms with Gasteiger partial charge in [0.1, 0.15) is 5.75 Å². The number of rotatable bonds is 7. The van der Waals surface area contributed by atoms with Gasteiger partial charge in [0.05, 0.1) is 11.6 Å². The zero-order chi connectivity index (χ0) is 32.1. The Balaban J connectivity index is 1.36. The van der Waals surface area contributed by atoms with Crippen molar-refractivity contribution in [3.8, 4) is 22.9 Å².